The van der Waals surface area contributed by atoms with Crippen LogP contribution in [-0.2, 0) is 18.4 Å². The van der Waals surface area contributed by atoms with Gasteiger partial charge in [-0.1, -0.05) is 12.8 Å². The topological polar surface area (TPSA) is 24.9 Å². The van der Waals surface area contributed by atoms with Crippen molar-refractivity contribution in [2.24, 2.45) is 0 Å². The van der Waals surface area contributed by atoms with Crippen molar-refractivity contribution in [3.63, 3.8) is 0 Å². The fourth-order valence-electron chi connectivity index (χ4n) is 3.35. The predicted octanol–water partition coefficient (Wildman–Crippen LogP) is 3.40. The molecule has 1 saturated carbocycles. The van der Waals surface area contributed by atoms with Crippen LogP contribution in [0.4, 0.5) is 0 Å². The molecule has 1 heterocycles. The highest BCUT2D eigenvalue weighted by Gasteiger charge is 2.39. The first-order valence-electron chi connectivity index (χ1n) is 6.96. The molecule has 2 nitrogen and oxygen atoms in total. The van der Waals surface area contributed by atoms with Crippen LogP contribution in [0.15, 0.2) is 0 Å². The van der Waals surface area contributed by atoms with Gasteiger partial charge in [-0.3, -0.25) is 0 Å². The molecule has 1 fully saturated rings. The van der Waals surface area contributed by atoms with E-state index in [0.717, 1.165) is 0 Å². The summed E-state index contributed by atoms with van der Waals surface area (Å²) in [7, 11) is 0. The van der Waals surface area contributed by atoms with Crippen molar-refractivity contribution in [2.75, 3.05) is 0 Å². The molecule has 1 aromatic heterocycles. The van der Waals surface area contributed by atoms with Crippen LogP contribution < -0.4 is 5.32 Å². The van der Waals surface area contributed by atoms with Gasteiger partial charge in [-0.05, 0) is 46.0 Å². The Balaban J connectivity index is 1.92. The average molecular weight is 250 g/mol. The molecule has 0 unspecified atom stereocenters. The summed E-state index contributed by atoms with van der Waals surface area (Å²) in [4.78, 5) is 6.52. The Hall–Kier alpha value is -0.410. The van der Waals surface area contributed by atoms with E-state index in [0.29, 0.717) is 6.04 Å². The highest BCUT2D eigenvalue weighted by molar-refractivity contribution is 7.12. The number of hydrogen-bond acceptors (Lipinski definition) is 3. The molecule has 3 rings (SSSR count). The van der Waals surface area contributed by atoms with Crippen molar-refractivity contribution < 1.29 is 0 Å². The van der Waals surface area contributed by atoms with Gasteiger partial charge in [-0.25, -0.2) is 4.98 Å². The van der Waals surface area contributed by atoms with Crippen molar-refractivity contribution in [3.8, 4) is 0 Å². The summed E-state index contributed by atoms with van der Waals surface area (Å²) in [5, 5.41) is 5.19. The standard InChI is InChI=1S/C14H22N2S/c1-10(2)16-14(8-3-4-9-14)13-15-11-6-5-7-12(11)17-13/h10,16H,3-9H2,1-2H3. The first-order valence-corrected chi connectivity index (χ1v) is 7.78. The number of fused-ring (bicyclic) bond motifs is 1. The lowest BCUT2D eigenvalue weighted by molar-refractivity contribution is 0.310. The molecule has 1 aromatic rings. The largest absolute Gasteiger partial charge is 0.303 e. The Morgan fingerprint density at radius 2 is 1.94 bits per heavy atom. The molecule has 0 radical (unpaired) electrons. The van der Waals surface area contributed by atoms with E-state index >= 15 is 0 Å². The summed E-state index contributed by atoms with van der Waals surface area (Å²) in [6.45, 7) is 4.50. The number of thiazole rings is 1. The summed E-state index contributed by atoms with van der Waals surface area (Å²) in [5.41, 5.74) is 1.62. The van der Waals surface area contributed by atoms with Crippen LogP contribution in [0.1, 0.15) is 61.5 Å². The Bertz CT molecular complexity index is 381. The third-order valence-corrected chi connectivity index (χ3v) is 5.39. The van der Waals surface area contributed by atoms with E-state index in [-0.39, 0.29) is 5.54 Å². The molecule has 0 spiro atoms. The molecule has 0 saturated heterocycles. The van der Waals surface area contributed by atoms with Crippen molar-refractivity contribution in [3.05, 3.63) is 15.6 Å². The summed E-state index contributed by atoms with van der Waals surface area (Å²) in [6.07, 6.45) is 9.05. The van der Waals surface area contributed by atoms with Gasteiger partial charge in [0.1, 0.15) is 5.01 Å². The number of nitrogens with one attached hydrogen (secondary N) is 1. The van der Waals surface area contributed by atoms with E-state index in [1.54, 1.807) is 4.88 Å². The summed E-state index contributed by atoms with van der Waals surface area (Å²) >= 11 is 1.99. The second-order valence-corrected chi connectivity index (χ2v) is 6.91. The van der Waals surface area contributed by atoms with Crippen molar-refractivity contribution in [1.29, 1.82) is 0 Å². The van der Waals surface area contributed by atoms with E-state index in [1.165, 1.54) is 55.6 Å². The molecule has 17 heavy (non-hydrogen) atoms. The summed E-state index contributed by atoms with van der Waals surface area (Å²) in [6, 6.07) is 0.548. The SMILES string of the molecule is CC(C)NC1(c2nc3c(s2)CCC3)CCCC1. The Morgan fingerprint density at radius 3 is 2.59 bits per heavy atom. The summed E-state index contributed by atoms with van der Waals surface area (Å²) in [5.74, 6) is 0. The van der Waals surface area contributed by atoms with Crippen molar-refractivity contribution in [2.45, 2.75) is 70.4 Å². The molecule has 2 aliphatic carbocycles. The predicted molar refractivity (Wildman–Crippen MR) is 72.6 cm³/mol. The van der Waals surface area contributed by atoms with Gasteiger partial charge >= 0.3 is 0 Å². The molecule has 0 bridgehead atoms. The molecule has 94 valence electrons. The van der Waals surface area contributed by atoms with E-state index in [9.17, 15) is 0 Å². The molecule has 0 atom stereocenters. The number of aromatic nitrogens is 1. The molecular formula is C14H22N2S. The molecule has 0 aliphatic heterocycles. The van der Waals surface area contributed by atoms with Gasteiger partial charge in [0.2, 0.25) is 0 Å². The van der Waals surface area contributed by atoms with Crippen LogP contribution in [0, 0.1) is 0 Å². The fourth-order valence-corrected chi connectivity index (χ4v) is 4.71. The average Bonchev–Trinajstić information content (AvgIpc) is 2.87. The minimum atomic E-state index is 0.211. The van der Waals surface area contributed by atoms with Crippen molar-refractivity contribution in [1.82, 2.24) is 10.3 Å². The number of hydrogen-bond donors (Lipinski definition) is 1. The highest BCUT2D eigenvalue weighted by atomic mass is 32.1. The van der Waals surface area contributed by atoms with E-state index in [1.807, 2.05) is 11.3 Å². The van der Waals surface area contributed by atoms with Crippen LogP contribution in [0.25, 0.3) is 0 Å². The lowest BCUT2D eigenvalue weighted by Crippen LogP contribution is -2.43. The summed E-state index contributed by atoms with van der Waals surface area (Å²) < 4.78 is 0. The van der Waals surface area contributed by atoms with E-state index in [2.05, 4.69) is 19.2 Å². The minimum Gasteiger partial charge on any atom is -0.303 e. The Kier molecular flexibility index (Phi) is 2.99. The second kappa shape index (κ2) is 4.36. The van der Waals surface area contributed by atoms with Crippen LogP contribution in [0.5, 0.6) is 0 Å². The zero-order chi connectivity index (χ0) is 11.9. The van der Waals surface area contributed by atoms with Gasteiger partial charge in [0.25, 0.3) is 0 Å². The number of aryl methyl sites for hydroxylation is 2. The van der Waals surface area contributed by atoms with Crippen LogP contribution in [-0.4, -0.2) is 11.0 Å². The van der Waals surface area contributed by atoms with Gasteiger partial charge in [0.05, 0.1) is 11.2 Å². The quantitative estimate of drug-likeness (QED) is 0.889. The first kappa shape index (κ1) is 11.7. The zero-order valence-corrected chi connectivity index (χ0v) is 11.7. The van der Waals surface area contributed by atoms with E-state index in [4.69, 9.17) is 4.98 Å². The number of nitrogens with zero attached hydrogens (tertiary/aromatic N) is 1. The van der Waals surface area contributed by atoms with Crippen LogP contribution in [0.3, 0.4) is 0 Å². The third kappa shape index (κ3) is 2.04. The lowest BCUT2D eigenvalue weighted by Gasteiger charge is -2.30. The Morgan fingerprint density at radius 1 is 1.18 bits per heavy atom. The first-order chi connectivity index (χ1) is 8.20. The highest BCUT2D eigenvalue weighted by Crippen LogP contribution is 2.43. The van der Waals surface area contributed by atoms with Gasteiger partial charge in [0.15, 0.2) is 0 Å². The maximum atomic E-state index is 4.95. The van der Waals surface area contributed by atoms with Gasteiger partial charge < -0.3 is 5.32 Å². The van der Waals surface area contributed by atoms with Crippen LogP contribution >= 0.6 is 11.3 Å². The third-order valence-electron chi connectivity index (χ3n) is 4.03. The maximum Gasteiger partial charge on any atom is 0.113 e. The molecule has 0 amide bonds. The fraction of sp³-hybridized carbons (Fsp3) is 0.786. The molecule has 3 heteroatoms. The normalized spacial score (nSPS) is 22.3. The van der Waals surface area contributed by atoms with Crippen LogP contribution in [0.2, 0.25) is 0 Å². The molecule has 0 aromatic carbocycles. The molecular weight excluding hydrogens is 228 g/mol. The zero-order valence-electron chi connectivity index (χ0n) is 10.9. The maximum absolute atomic E-state index is 4.95. The lowest BCUT2D eigenvalue weighted by atomic mass is 9.97. The van der Waals surface area contributed by atoms with Gasteiger partial charge in [-0.15, -0.1) is 11.3 Å². The van der Waals surface area contributed by atoms with Gasteiger partial charge in [0, 0.05) is 10.9 Å². The number of rotatable bonds is 3. The molecule has 1 N–H and O–H groups in total. The Labute approximate surface area is 108 Å². The van der Waals surface area contributed by atoms with E-state index < -0.39 is 0 Å². The molecule has 2 aliphatic rings. The smallest absolute Gasteiger partial charge is 0.113 e. The second-order valence-electron chi connectivity index (χ2n) is 5.83. The van der Waals surface area contributed by atoms with Gasteiger partial charge in [-0.2, -0.15) is 0 Å². The minimum absolute atomic E-state index is 0.211. The monoisotopic (exact) mass is 250 g/mol. The van der Waals surface area contributed by atoms with Crippen molar-refractivity contribution >= 4 is 11.3 Å².